The average molecular weight is 369 g/mol. The first-order valence-electron chi connectivity index (χ1n) is 8.21. The lowest BCUT2D eigenvalue weighted by Gasteiger charge is -2.07. The number of aryl methyl sites for hydroxylation is 2. The standard InChI is InChI=1S/C20H19NO4S/c1-13-7-8-14(2)15(9-13)17(22)10-25-20(23)12-24-11-19-21-16-5-3-4-6-18(16)26-19/h3-9H,10-12H2,1-2H3. The number of hydrogen-bond donors (Lipinski definition) is 0. The van der Waals surface area contributed by atoms with Gasteiger partial charge < -0.3 is 9.47 Å². The predicted octanol–water partition coefficient (Wildman–Crippen LogP) is 3.86. The molecule has 0 spiro atoms. The van der Waals surface area contributed by atoms with Crippen molar-refractivity contribution in [3.63, 3.8) is 0 Å². The second-order valence-corrected chi connectivity index (χ2v) is 7.09. The third-order valence-electron chi connectivity index (χ3n) is 3.84. The first kappa shape index (κ1) is 18.2. The molecular formula is C20H19NO4S. The Morgan fingerprint density at radius 2 is 1.88 bits per heavy atom. The Bertz CT molecular complexity index is 915. The summed E-state index contributed by atoms with van der Waals surface area (Å²) in [7, 11) is 0. The van der Waals surface area contributed by atoms with Crippen molar-refractivity contribution in [2.24, 2.45) is 0 Å². The monoisotopic (exact) mass is 369 g/mol. The number of ketones is 1. The van der Waals surface area contributed by atoms with Crippen molar-refractivity contribution in [1.82, 2.24) is 4.98 Å². The molecule has 0 saturated carbocycles. The highest BCUT2D eigenvalue weighted by molar-refractivity contribution is 7.18. The minimum atomic E-state index is -0.565. The molecule has 2 aromatic carbocycles. The van der Waals surface area contributed by atoms with Crippen molar-refractivity contribution in [3.05, 3.63) is 64.2 Å². The van der Waals surface area contributed by atoms with Gasteiger partial charge in [0.2, 0.25) is 5.78 Å². The maximum Gasteiger partial charge on any atom is 0.332 e. The highest BCUT2D eigenvalue weighted by atomic mass is 32.1. The Morgan fingerprint density at radius 3 is 2.69 bits per heavy atom. The smallest absolute Gasteiger partial charge is 0.332 e. The Labute approximate surface area is 155 Å². The number of carbonyl (C=O) groups is 2. The number of thiazole rings is 1. The van der Waals surface area contributed by atoms with E-state index in [4.69, 9.17) is 9.47 Å². The minimum Gasteiger partial charge on any atom is -0.456 e. The molecule has 0 radical (unpaired) electrons. The summed E-state index contributed by atoms with van der Waals surface area (Å²) in [6, 6.07) is 13.4. The summed E-state index contributed by atoms with van der Waals surface area (Å²) in [6.07, 6.45) is 0. The molecule has 0 fully saturated rings. The number of ether oxygens (including phenoxy) is 2. The van der Waals surface area contributed by atoms with Crippen molar-refractivity contribution in [2.75, 3.05) is 13.2 Å². The number of rotatable bonds is 7. The second-order valence-electron chi connectivity index (χ2n) is 5.97. The highest BCUT2D eigenvalue weighted by Gasteiger charge is 2.13. The van der Waals surface area contributed by atoms with Crippen LogP contribution in [0.2, 0.25) is 0 Å². The van der Waals surface area contributed by atoms with Crippen LogP contribution in [-0.2, 0) is 20.9 Å². The average Bonchev–Trinajstić information content (AvgIpc) is 3.04. The van der Waals surface area contributed by atoms with Crippen LogP contribution in [0.5, 0.6) is 0 Å². The Morgan fingerprint density at radius 1 is 1.08 bits per heavy atom. The zero-order valence-corrected chi connectivity index (χ0v) is 15.5. The zero-order valence-electron chi connectivity index (χ0n) is 14.7. The lowest BCUT2D eigenvalue weighted by Crippen LogP contribution is -2.18. The molecule has 0 saturated heterocycles. The van der Waals surface area contributed by atoms with Crippen molar-refractivity contribution in [3.8, 4) is 0 Å². The molecule has 0 aliphatic heterocycles. The Balaban J connectivity index is 1.45. The van der Waals surface area contributed by atoms with E-state index in [0.717, 1.165) is 26.4 Å². The van der Waals surface area contributed by atoms with E-state index in [1.165, 1.54) is 11.3 Å². The maximum absolute atomic E-state index is 12.2. The third kappa shape index (κ3) is 4.53. The molecule has 0 atom stereocenters. The number of para-hydroxylation sites is 1. The maximum atomic E-state index is 12.2. The first-order valence-corrected chi connectivity index (χ1v) is 9.03. The van der Waals surface area contributed by atoms with Gasteiger partial charge in [0.1, 0.15) is 11.6 Å². The normalized spacial score (nSPS) is 10.8. The summed E-state index contributed by atoms with van der Waals surface area (Å²) in [5.74, 6) is -0.782. The summed E-state index contributed by atoms with van der Waals surface area (Å²) in [4.78, 5) is 28.4. The van der Waals surface area contributed by atoms with E-state index in [9.17, 15) is 9.59 Å². The van der Waals surface area contributed by atoms with E-state index in [2.05, 4.69) is 4.98 Å². The van der Waals surface area contributed by atoms with E-state index >= 15 is 0 Å². The van der Waals surface area contributed by atoms with Crippen molar-refractivity contribution < 1.29 is 19.1 Å². The van der Waals surface area contributed by atoms with Crippen LogP contribution in [-0.4, -0.2) is 30.0 Å². The molecule has 134 valence electrons. The fourth-order valence-corrected chi connectivity index (χ4v) is 3.41. The number of esters is 1. The number of aromatic nitrogens is 1. The van der Waals surface area contributed by atoms with Gasteiger partial charge in [0.25, 0.3) is 0 Å². The van der Waals surface area contributed by atoms with Gasteiger partial charge in [-0.2, -0.15) is 0 Å². The van der Waals surface area contributed by atoms with E-state index in [0.29, 0.717) is 5.56 Å². The van der Waals surface area contributed by atoms with E-state index < -0.39 is 5.97 Å². The number of benzene rings is 2. The summed E-state index contributed by atoms with van der Waals surface area (Å²) >= 11 is 1.53. The summed E-state index contributed by atoms with van der Waals surface area (Å²) in [5.41, 5.74) is 3.35. The van der Waals surface area contributed by atoms with Crippen LogP contribution in [0.25, 0.3) is 10.2 Å². The lowest BCUT2D eigenvalue weighted by molar-refractivity contribution is -0.148. The quantitative estimate of drug-likeness (QED) is 0.467. The molecule has 26 heavy (non-hydrogen) atoms. The lowest BCUT2D eigenvalue weighted by atomic mass is 10.0. The van der Waals surface area contributed by atoms with Gasteiger partial charge in [0.05, 0.1) is 16.8 Å². The number of Topliss-reactive ketones (excluding diaryl/α,β-unsaturated/α-hetero) is 1. The van der Waals surface area contributed by atoms with E-state index in [-0.39, 0.29) is 25.6 Å². The number of hydrogen-bond acceptors (Lipinski definition) is 6. The van der Waals surface area contributed by atoms with Crippen LogP contribution >= 0.6 is 11.3 Å². The van der Waals surface area contributed by atoms with Crippen LogP contribution in [0, 0.1) is 13.8 Å². The van der Waals surface area contributed by atoms with Gasteiger partial charge in [-0.1, -0.05) is 29.8 Å². The largest absolute Gasteiger partial charge is 0.456 e. The highest BCUT2D eigenvalue weighted by Crippen LogP contribution is 2.21. The van der Waals surface area contributed by atoms with E-state index in [1.807, 2.05) is 50.2 Å². The molecule has 0 aliphatic carbocycles. The number of nitrogens with zero attached hydrogens (tertiary/aromatic N) is 1. The van der Waals surface area contributed by atoms with Gasteiger partial charge in [0, 0.05) is 5.56 Å². The van der Waals surface area contributed by atoms with Gasteiger partial charge >= 0.3 is 5.97 Å². The summed E-state index contributed by atoms with van der Waals surface area (Å²) in [6.45, 7) is 3.51. The Kier molecular flexibility index (Phi) is 5.75. The topological polar surface area (TPSA) is 65.5 Å². The minimum absolute atomic E-state index is 0.212. The summed E-state index contributed by atoms with van der Waals surface area (Å²) in [5, 5.41) is 0.797. The Hall–Kier alpha value is -2.57. The van der Waals surface area contributed by atoms with Crippen LogP contribution < -0.4 is 0 Å². The molecule has 3 rings (SSSR count). The third-order valence-corrected chi connectivity index (χ3v) is 4.85. The molecule has 5 nitrogen and oxygen atoms in total. The first-order chi connectivity index (χ1) is 12.5. The van der Waals surface area contributed by atoms with Gasteiger partial charge in [-0.3, -0.25) is 4.79 Å². The van der Waals surface area contributed by atoms with Gasteiger partial charge in [-0.15, -0.1) is 11.3 Å². The van der Waals surface area contributed by atoms with Crippen LogP contribution in [0.3, 0.4) is 0 Å². The fraction of sp³-hybridized carbons (Fsp3) is 0.250. The van der Waals surface area contributed by atoms with Crippen LogP contribution in [0.4, 0.5) is 0 Å². The van der Waals surface area contributed by atoms with Gasteiger partial charge in [0.15, 0.2) is 6.61 Å². The number of carbonyl (C=O) groups excluding carboxylic acids is 2. The molecule has 0 bridgehead atoms. The SMILES string of the molecule is Cc1ccc(C)c(C(=O)COC(=O)COCc2nc3ccccc3s2)c1. The fourth-order valence-electron chi connectivity index (χ4n) is 2.51. The number of fused-ring (bicyclic) bond motifs is 1. The molecule has 6 heteroatoms. The second kappa shape index (κ2) is 8.21. The van der Waals surface area contributed by atoms with Gasteiger partial charge in [-0.25, -0.2) is 9.78 Å². The molecule has 1 heterocycles. The molecule has 0 N–H and O–H groups in total. The molecular weight excluding hydrogens is 350 g/mol. The molecule has 0 aliphatic rings. The molecule has 1 aromatic heterocycles. The molecule has 0 amide bonds. The molecule has 3 aromatic rings. The van der Waals surface area contributed by atoms with Crippen molar-refractivity contribution >= 4 is 33.3 Å². The van der Waals surface area contributed by atoms with Gasteiger partial charge in [-0.05, 0) is 37.6 Å². The van der Waals surface area contributed by atoms with Crippen molar-refractivity contribution in [2.45, 2.75) is 20.5 Å². The summed E-state index contributed by atoms with van der Waals surface area (Å²) < 4.78 is 11.5. The van der Waals surface area contributed by atoms with E-state index in [1.54, 1.807) is 6.07 Å². The zero-order chi connectivity index (χ0) is 18.5. The molecule has 0 unspecified atom stereocenters. The van der Waals surface area contributed by atoms with Crippen LogP contribution in [0.1, 0.15) is 26.5 Å². The predicted molar refractivity (Wildman–Crippen MR) is 100 cm³/mol. The van der Waals surface area contributed by atoms with Crippen molar-refractivity contribution in [1.29, 1.82) is 0 Å². The van der Waals surface area contributed by atoms with Crippen LogP contribution in [0.15, 0.2) is 42.5 Å².